The van der Waals surface area contributed by atoms with E-state index in [-0.39, 0.29) is 49.4 Å². The lowest BCUT2D eigenvalue weighted by atomic mass is 10.0. The summed E-state index contributed by atoms with van der Waals surface area (Å²) in [4.78, 5) is 78.2. The number of anilines is 5. The normalized spacial score (nSPS) is 14.5. The van der Waals surface area contributed by atoms with Gasteiger partial charge in [0.15, 0.2) is 0 Å². The quantitative estimate of drug-likeness (QED) is 0.0339. The predicted molar refractivity (Wildman–Crippen MR) is 247 cm³/mol. The number of para-hydroxylation sites is 1. The molecule has 64 heavy (non-hydrogen) atoms. The molecule has 3 aromatic carbocycles. The fourth-order valence-corrected chi connectivity index (χ4v) is 8.21. The van der Waals surface area contributed by atoms with E-state index in [1.165, 1.54) is 11.0 Å². The van der Waals surface area contributed by atoms with Crippen molar-refractivity contribution in [2.75, 3.05) is 61.2 Å². The first-order valence-corrected chi connectivity index (χ1v) is 21.2. The van der Waals surface area contributed by atoms with Crippen LogP contribution in [0, 0.1) is 12.3 Å². The van der Waals surface area contributed by atoms with E-state index in [2.05, 4.69) is 60.4 Å². The van der Waals surface area contributed by atoms with Crippen LogP contribution in [-0.4, -0.2) is 100 Å². The number of likely N-dealkylation sites (N-methyl/N-ethyl adjacent to an activating group) is 1. The monoisotopic (exact) mass is 864 g/mol. The highest BCUT2D eigenvalue weighted by atomic mass is 16.5. The molecule has 7 rings (SSSR count). The number of fused-ring (bicyclic) bond motifs is 2. The number of carbonyl (C=O) groups is 5. The molecule has 330 valence electrons. The smallest absolute Gasteiger partial charge is 0.257 e. The van der Waals surface area contributed by atoms with E-state index < -0.39 is 11.9 Å². The molecule has 16 heteroatoms. The van der Waals surface area contributed by atoms with Crippen LogP contribution >= 0.6 is 0 Å². The summed E-state index contributed by atoms with van der Waals surface area (Å²) in [5, 5.41) is 12.5. The van der Waals surface area contributed by atoms with E-state index in [1.54, 1.807) is 31.5 Å². The van der Waals surface area contributed by atoms with Crippen LogP contribution in [0.4, 0.5) is 28.7 Å². The van der Waals surface area contributed by atoms with Crippen LogP contribution in [0.25, 0.3) is 22.2 Å². The number of aryl methyl sites for hydroxylation is 1. The standard InChI is InChI=1S/C48H52N10O6/c1-6-23-57(24-12-8-9-18-43(60)50-35-16-13-14-31-29-58(47(63)45(31)35)39-19-20-44(61)54-46(39)62)26-25-55(3)40-28-41(64-5)37(27-36(40)51-42(59)7-2)53-48-49-22-21-34(52-48)33-30-56(4)38-17-11-10-15-32(33)38/h1,7,10-11,13-17,21-22,27-28,30,39H,2,8-9,12,18-20,23-26,29H2,3-5H3,(H,50,60)(H,51,59)(H,49,52,53)(H,54,61,62). The lowest BCUT2D eigenvalue weighted by Gasteiger charge is -2.29. The first-order valence-electron chi connectivity index (χ1n) is 21.2. The van der Waals surface area contributed by atoms with Gasteiger partial charge in [-0.1, -0.05) is 49.3 Å². The summed E-state index contributed by atoms with van der Waals surface area (Å²) < 4.78 is 7.90. The van der Waals surface area contributed by atoms with Gasteiger partial charge in [0.1, 0.15) is 11.8 Å². The number of unbranched alkanes of at least 4 members (excludes halogenated alkanes) is 2. The van der Waals surface area contributed by atoms with Crippen LogP contribution in [-0.2, 0) is 32.8 Å². The molecular formula is C48H52N10O6. The molecule has 0 radical (unpaired) electrons. The number of aromatic nitrogens is 3. The number of hydrogen-bond donors (Lipinski definition) is 4. The van der Waals surface area contributed by atoms with E-state index in [4.69, 9.17) is 16.1 Å². The summed E-state index contributed by atoms with van der Waals surface area (Å²) >= 11 is 0. The Hall–Kier alpha value is -7.51. The highest BCUT2D eigenvalue weighted by Crippen LogP contribution is 2.39. The first-order chi connectivity index (χ1) is 31.0. The number of benzene rings is 3. The summed E-state index contributed by atoms with van der Waals surface area (Å²) in [7, 11) is 5.50. The molecule has 5 aromatic rings. The Morgan fingerprint density at radius 3 is 2.62 bits per heavy atom. The highest BCUT2D eigenvalue weighted by Gasteiger charge is 2.40. The number of piperidine rings is 1. The van der Waals surface area contributed by atoms with Crippen LogP contribution in [0.3, 0.4) is 0 Å². The maximum Gasteiger partial charge on any atom is 0.257 e. The van der Waals surface area contributed by atoms with E-state index in [9.17, 15) is 24.0 Å². The van der Waals surface area contributed by atoms with E-state index >= 15 is 0 Å². The van der Waals surface area contributed by atoms with Gasteiger partial charge < -0.3 is 35.1 Å². The molecule has 2 aromatic heterocycles. The molecule has 2 aliphatic heterocycles. The highest BCUT2D eigenvalue weighted by molar-refractivity contribution is 6.09. The molecule has 1 fully saturated rings. The number of imide groups is 1. The Bertz CT molecular complexity index is 2650. The van der Waals surface area contributed by atoms with Crippen LogP contribution in [0.2, 0.25) is 0 Å². The van der Waals surface area contributed by atoms with Gasteiger partial charge in [-0.25, -0.2) is 9.97 Å². The third-order valence-electron chi connectivity index (χ3n) is 11.5. The molecule has 1 atom stereocenters. The topological polar surface area (TPSA) is 183 Å². The SMILES string of the molecule is C#CCN(CCCCCC(=O)Nc1cccc2c1C(=O)N(C1CCC(=O)NC1=O)C2)CCN(C)c1cc(OC)c(Nc2nccc(-c3cn(C)c4ccccc34)n2)cc1NC(=O)C=C. The van der Waals surface area contributed by atoms with Crippen LogP contribution in [0.15, 0.2) is 85.7 Å². The molecule has 2 aliphatic rings. The Morgan fingerprint density at radius 2 is 1.84 bits per heavy atom. The Balaban J connectivity index is 0.936. The van der Waals surface area contributed by atoms with E-state index in [0.717, 1.165) is 40.6 Å². The lowest BCUT2D eigenvalue weighted by molar-refractivity contribution is -0.137. The number of ether oxygens (including phenoxy) is 1. The molecule has 0 bridgehead atoms. The Morgan fingerprint density at radius 1 is 1.02 bits per heavy atom. The number of terminal acetylenes is 1. The zero-order valence-corrected chi connectivity index (χ0v) is 36.3. The second kappa shape index (κ2) is 20.1. The Labute approximate surface area is 372 Å². The molecule has 0 spiro atoms. The number of methoxy groups -OCH3 is 1. The van der Waals surface area contributed by atoms with Gasteiger partial charge >= 0.3 is 0 Å². The fraction of sp³-hybridized carbons (Fsp3) is 0.312. The van der Waals surface area contributed by atoms with Gasteiger partial charge in [-0.15, -0.1) is 6.42 Å². The van der Waals surface area contributed by atoms with Crippen molar-refractivity contribution < 1.29 is 28.7 Å². The average molecular weight is 865 g/mol. The minimum absolute atomic E-state index is 0.167. The fourth-order valence-electron chi connectivity index (χ4n) is 8.21. The molecule has 4 N–H and O–H groups in total. The average Bonchev–Trinajstić information content (AvgIpc) is 3.81. The molecule has 1 unspecified atom stereocenters. The summed E-state index contributed by atoms with van der Waals surface area (Å²) in [6, 6.07) is 18.2. The number of nitrogens with zero attached hydrogens (tertiary/aromatic N) is 6. The van der Waals surface area contributed by atoms with Gasteiger partial charge in [0.05, 0.1) is 47.7 Å². The third kappa shape index (κ3) is 10.1. The van der Waals surface area contributed by atoms with Crippen molar-refractivity contribution in [1.82, 2.24) is 29.7 Å². The summed E-state index contributed by atoms with van der Waals surface area (Å²) in [6.45, 7) is 6.20. The van der Waals surface area contributed by atoms with Crippen molar-refractivity contribution in [1.29, 1.82) is 0 Å². The van der Waals surface area contributed by atoms with Crippen LogP contribution in [0.1, 0.15) is 54.4 Å². The molecular weight excluding hydrogens is 813 g/mol. The van der Waals surface area contributed by atoms with E-state index in [1.807, 2.05) is 55.5 Å². The van der Waals surface area contributed by atoms with Crippen molar-refractivity contribution >= 4 is 69.1 Å². The van der Waals surface area contributed by atoms with Gasteiger partial charge in [-0.05, 0) is 61.7 Å². The number of hydrogen-bond acceptors (Lipinski definition) is 11. The summed E-state index contributed by atoms with van der Waals surface area (Å²) in [5.74, 6) is 1.87. The Kier molecular flexibility index (Phi) is 14.0. The van der Waals surface area contributed by atoms with Gasteiger partial charge in [0.25, 0.3) is 5.91 Å². The van der Waals surface area contributed by atoms with Crippen molar-refractivity contribution in [2.24, 2.45) is 7.05 Å². The molecule has 4 heterocycles. The summed E-state index contributed by atoms with van der Waals surface area (Å²) in [6.07, 6.45) is 13.6. The van der Waals surface area contributed by atoms with Crippen molar-refractivity contribution in [3.63, 3.8) is 0 Å². The maximum absolute atomic E-state index is 13.4. The minimum atomic E-state index is -0.732. The zero-order valence-electron chi connectivity index (χ0n) is 36.3. The lowest BCUT2D eigenvalue weighted by Crippen LogP contribution is -2.52. The first kappa shape index (κ1) is 44.5. The number of carbonyl (C=O) groups excluding carboxylic acids is 5. The van der Waals surface area contributed by atoms with Crippen LogP contribution in [0.5, 0.6) is 5.75 Å². The van der Waals surface area contributed by atoms with Gasteiger partial charge in [0, 0.05) is 81.5 Å². The minimum Gasteiger partial charge on any atom is -0.494 e. The molecule has 0 aliphatic carbocycles. The third-order valence-corrected chi connectivity index (χ3v) is 11.5. The predicted octanol–water partition coefficient (Wildman–Crippen LogP) is 5.84. The van der Waals surface area contributed by atoms with E-state index in [0.29, 0.717) is 72.6 Å². The number of rotatable bonds is 19. The van der Waals surface area contributed by atoms with Gasteiger partial charge in [0.2, 0.25) is 29.6 Å². The largest absolute Gasteiger partial charge is 0.494 e. The maximum atomic E-state index is 13.4. The van der Waals surface area contributed by atoms with Gasteiger partial charge in [-0.3, -0.25) is 34.2 Å². The van der Waals surface area contributed by atoms with Crippen LogP contribution < -0.4 is 30.9 Å². The molecule has 1 saturated heterocycles. The molecule has 16 nitrogen and oxygen atoms in total. The molecule has 5 amide bonds. The second-order valence-electron chi connectivity index (χ2n) is 15.8. The summed E-state index contributed by atoms with van der Waals surface area (Å²) in [5.41, 5.74) is 6.12. The van der Waals surface area contributed by atoms with Crippen molar-refractivity contribution in [2.45, 2.75) is 51.1 Å². The number of amides is 5. The van der Waals surface area contributed by atoms with Crippen molar-refractivity contribution in [3.8, 4) is 29.4 Å². The number of nitrogens with one attached hydrogen (secondary N) is 4. The molecule has 0 saturated carbocycles. The zero-order chi connectivity index (χ0) is 45.3. The second-order valence-corrected chi connectivity index (χ2v) is 15.8. The van der Waals surface area contributed by atoms with Crippen molar-refractivity contribution in [3.05, 3.63) is 96.8 Å². The van der Waals surface area contributed by atoms with Gasteiger partial charge in [-0.2, -0.15) is 0 Å².